The van der Waals surface area contributed by atoms with E-state index in [0.717, 1.165) is 13.5 Å². The van der Waals surface area contributed by atoms with E-state index in [4.69, 9.17) is 9.90 Å². The molecule has 0 radical (unpaired) electrons. The molecule has 0 saturated heterocycles. The first-order chi connectivity index (χ1) is 5.15. The number of quaternary nitrogens is 1. The fourth-order valence-electron chi connectivity index (χ4n) is 0.604. The predicted molar refractivity (Wildman–Crippen MR) is 46.2 cm³/mol. The molecule has 76 valence electrons. The Morgan fingerprint density at radius 1 is 1.33 bits per heavy atom. The molecule has 0 rings (SSSR count). The molecule has 0 spiro atoms. The molecule has 0 aliphatic heterocycles. The van der Waals surface area contributed by atoms with Crippen LogP contribution in [0.1, 0.15) is 39.5 Å². The summed E-state index contributed by atoms with van der Waals surface area (Å²) >= 11 is 0. The van der Waals surface area contributed by atoms with Gasteiger partial charge < -0.3 is 21.1 Å². The summed E-state index contributed by atoms with van der Waals surface area (Å²) < 4.78 is 0. The molecule has 0 fully saturated rings. The maximum absolute atomic E-state index is 8.89. The van der Waals surface area contributed by atoms with Crippen molar-refractivity contribution in [3.8, 4) is 0 Å². The molecule has 0 unspecified atom stereocenters. The van der Waals surface area contributed by atoms with Crippen molar-refractivity contribution < 1.29 is 21.1 Å². The maximum Gasteiger partial charge on any atom is 0.0739 e. The van der Waals surface area contributed by atoms with Crippen LogP contribution in [0.25, 0.3) is 0 Å². The normalized spacial score (nSPS) is 7.58. The van der Waals surface area contributed by atoms with Crippen molar-refractivity contribution in [2.24, 2.45) is 0 Å². The molecular formula is C8H21NO3. The van der Waals surface area contributed by atoms with E-state index in [9.17, 15) is 0 Å². The van der Waals surface area contributed by atoms with Gasteiger partial charge in [-0.3, -0.25) is 0 Å². The Morgan fingerprint density at radius 2 is 1.75 bits per heavy atom. The predicted octanol–water partition coefficient (Wildman–Crippen LogP) is -1.26. The number of carbonyl (C=O) groups excluding carboxylic acids is 1. The summed E-state index contributed by atoms with van der Waals surface area (Å²) in [6.07, 6.45) is 5.41. The summed E-state index contributed by atoms with van der Waals surface area (Å²) in [6.45, 7) is 4.31. The van der Waals surface area contributed by atoms with Crippen LogP contribution >= 0.6 is 0 Å². The number of hydrogen-bond donors (Lipinski definition) is 1. The molecule has 0 aliphatic rings. The number of rotatable bonds is 4. The van der Waals surface area contributed by atoms with E-state index < -0.39 is 5.97 Å². The zero-order valence-electron chi connectivity index (χ0n) is 8.06. The van der Waals surface area contributed by atoms with E-state index in [1.165, 1.54) is 25.7 Å². The summed E-state index contributed by atoms with van der Waals surface area (Å²) in [5, 5.41) is 8.89. The second-order valence-corrected chi connectivity index (χ2v) is 2.41. The van der Waals surface area contributed by atoms with Gasteiger partial charge in [0.15, 0.2) is 0 Å². The lowest BCUT2D eigenvalue weighted by Crippen LogP contribution is -2.50. The minimum atomic E-state index is -1.08. The second-order valence-electron chi connectivity index (χ2n) is 2.41. The minimum absolute atomic E-state index is 0. The molecule has 4 heteroatoms. The van der Waals surface area contributed by atoms with Crippen LogP contribution in [0, 0.1) is 0 Å². The maximum atomic E-state index is 8.89. The van der Waals surface area contributed by atoms with Gasteiger partial charge in [-0.25, -0.2) is 0 Å². The number of unbranched alkanes of at least 4 members (excludes halogenated alkanes) is 3. The molecule has 0 bridgehead atoms. The fourth-order valence-corrected chi connectivity index (χ4v) is 0.604. The zero-order chi connectivity index (χ0) is 9.11. The summed E-state index contributed by atoms with van der Waals surface area (Å²) in [5.41, 5.74) is 3.76. The van der Waals surface area contributed by atoms with E-state index in [1.807, 2.05) is 0 Å². The first kappa shape index (κ1) is 17.5. The van der Waals surface area contributed by atoms with Crippen molar-refractivity contribution in [3.05, 3.63) is 0 Å². The Kier molecular flexibility index (Phi) is 24.4. The first-order valence-corrected chi connectivity index (χ1v) is 4.12. The number of hydrogen-bond acceptors (Lipinski definition) is 2. The Balaban J connectivity index is -0.000000142. The molecule has 0 aromatic carbocycles. The van der Waals surface area contributed by atoms with Crippen LogP contribution in [0.2, 0.25) is 0 Å². The highest BCUT2D eigenvalue weighted by Crippen LogP contribution is 1.94. The molecule has 0 heterocycles. The van der Waals surface area contributed by atoms with Crippen LogP contribution in [0.15, 0.2) is 0 Å². The zero-order valence-corrected chi connectivity index (χ0v) is 8.06. The van der Waals surface area contributed by atoms with Gasteiger partial charge in [0.25, 0.3) is 0 Å². The lowest BCUT2D eigenvalue weighted by molar-refractivity contribution is -0.368. The number of carboxylic acids is 1. The molecule has 0 aromatic rings. The molecule has 0 amide bonds. The van der Waals surface area contributed by atoms with Crippen molar-refractivity contribution in [2.45, 2.75) is 39.5 Å². The number of aliphatic carboxylic acids is 1. The van der Waals surface area contributed by atoms with Crippen LogP contribution in [0.5, 0.6) is 0 Å². The lowest BCUT2D eigenvalue weighted by Gasteiger charge is -1.89. The van der Waals surface area contributed by atoms with E-state index in [0.29, 0.717) is 0 Å². The standard InChI is InChI=1S/C6H15N.C2H4O2.H2O/c1-2-3-4-5-6-7;1-2(3)4;/h2-7H2,1H3;1H3,(H,3,4);1H2. The van der Waals surface area contributed by atoms with Gasteiger partial charge in [0.1, 0.15) is 0 Å². The topological polar surface area (TPSA) is 99.3 Å². The average molecular weight is 179 g/mol. The quantitative estimate of drug-likeness (QED) is 0.545. The van der Waals surface area contributed by atoms with Crippen LogP contribution in [-0.2, 0) is 4.79 Å². The Bertz CT molecular complexity index is 78.4. The molecule has 0 aliphatic carbocycles. The van der Waals surface area contributed by atoms with Gasteiger partial charge >= 0.3 is 0 Å². The molecule has 4 nitrogen and oxygen atoms in total. The second kappa shape index (κ2) is 16.8. The molecule has 0 aromatic heterocycles. The van der Waals surface area contributed by atoms with Crippen molar-refractivity contribution in [1.82, 2.24) is 0 Å². The van der Waals surface area contributed by atoms with Gasteiger partial charge in [-0.1, -0.05) is 19.8 Å². The van der Waals surface area contributed by atoms with E-state index in [1.54, 1.807) is 0 Å². The summed E-state index contributed by atoms with van der Waals surface area (Å²) in [6, 6.07) is 0. The third kappa shape index (κ3) is 57.5. The Labute approximate surface area is 74.1 Å². The fraction of sp³-hybridized carbons (Fsp3) is 0.875. The summed E-state index contributed by atoms with van der Waals surface area (Å²) in [5.74, 6) is -1.08. The molecule has 5 N–H and O–H groups in total. The first-order valence-electron chi connectivity index (χ1n) is 4.12. The van der Waals surface area contributed by atoms with Crippen LogP contribution in [0.4, 0.5) is 0 Å². The largest absolute Gasteiger partial charge is 0.550 e. The molecule has 0 atom stereocenters. The van der Waals surface area contributed by atoms with E-state index >= 15 is 0 Å². The van der Waals surface area contributed by atoms with Crippen molar-refractivity contribution in [2.75, 3.05) is 6.54 Å². The van der Waals surface area contributed by atoms with Crippen molar-refractivity contribution >= 4 is 5.97 Å². The van der Waals surface area contributed by atoms with Gasteiger partial charge in [0.2, 0.25) is 0 Å². The van der Waals surface area contributed by atoms with E-state index in [-0.39, 0.29) is 5.48 Å². The lowest BCUT2D eigenvalue weighted by atomic mass is 10.2. The van der Waals surface area contributed by atoms with Gasteiger partial charge in [0, 0.05) is 5.97 Å². The highest BCUT2D eigenvalue weighted by molar-refractivity contribution is 5.60. The third-order valence-corrected chi connectivity index (χ3v) is 1.10. The van der Waals surface area contributed by atoms with Gasteiger partial charge in [-0.05, 0) is 19.8 Å². The van der Waals surface area contributed by atoms with Crippen LogP contribution in [0.3, 0.4) is 0 Å². The Hall–Kier alpha value is -0.610. The summed E-state index contributed by atoms with van der Waals surface area (Å²) in [4.78, 5) is 8.89. The molecule has 0 saturated carbocycles. The SMILES string of the molecule is CC(=O)[O-].CCCCCC[NH3+].O. The third-order valence-electron chi connectivity index (χ3n) is 1.10. The highest BCUT2D eigenvalue weighted by Gasteiger charge is 1.82. The van der Waals surface area contributed by atoms with Gasteiger partial charge in [0.05, 0.1) is 6.54 Å². The van der Waals surface area contributed by atoms with Crippen molar-refractivity contribution in [3.63, 3.8) is 0 Å². The molecule has 12 heavy (non-hydrogen) atoms. The van der Waals surface area contributed by atoms with Crippen LogP contribution < -0.4 is 10.8 Å². The molecular weight excluding hydrogens is 158 g/mol. The average Bonchev–Trinajstić information content (AvgIpc) is 1.88. The summed E-state index contributed by atoms with van der Waals surface area (Å²) in [7, 11) is 0. The van der Waals surface area contributed by atoms with Gasteiger partial charge in [-0.2, -0.15) is 0 Å². The smallest absolute Gasteiger partial charge is 0.0739 e. The van der Waals surface area contributed by atoms with Gasteiger partial charge in [-0.15, -0.1) is 0 Å². The van der Waals surface area contributed by atoms with Crippen LogP contribution in [-0.4, -0.2) is 18.0 Å². The van der Waals surface area contributed by atoms with Crippen molar-refractivity contribution in [1.29, 1.82) is 0 Å². The number of carbonyl (C=O) groups is 1. The number of carboxylic acid groups (broad SMARTS) is 1. The van der Waals surface area contributed by atoms with E-state index in [2.05, 4.69) is 12.7 Å². The monoisotopic (exact) mass is 179 g/mol. The minimum Gasteiger partial charge on any atom is -0.550 e. The Morgan fingerprint density at radius 3 is 2.00 bits per heavy atom. The highest BCUT2D eigenvalue weighted by atomic mass is 16.4.